The van der Waals surface area contributed by atoms with Gasteiger partial charge in [-0.2, -0.15) is 0 Å². The first-order valence-corrected chi connectivity index (χ1v) is 7.19. The van der Waals surface area contributed by atoms with Gasteiger partial charge in [0.25, 0.3) is 0 Å². The fourth-order valence-corrected chi connectivity index (χ4v) is 2.61. The van der Waals surface area contributed by atoms with E-state index in [0.717, 1.165) is 24.4 Å². The number of methoxy groups -OCH3 is 1. The molecular formula is C15H22Cl2N2O2. The molecule has 118 valence electrons. The van der Waals surface area contributed by atoms with Crippen molar-refractivity contribution in [2.24, 2.45) is 11.8 Å². The summed E-state index contributed by atoms with van der Waals surface area (Å²) in [7, 11) is 3.45. The van der Waals surface area contributed by atoms with E-state index in [-0.39, 0.29) is 24.2 Å². The van der Waals surface area contributed by atoms with Crippen molar-refractivity contribution in [3.8, 4) is 5.75 Å². The lowest BCUT2D eigenvalue weighted by Crippen LogP contribution is -2.49. The maximum atomic E-state index is 12.4. The van der Waals surface area contributed by atoms with Crippen molar-refractivity contribution in [1.82, 2.24) is 10.2 Å². The summed E-state index contributed by atoms with van der Waals surface area (Å²) in [5.74, 6) is 1.42. The summed E-state index contributed by atoms with van der Waals surface area (Å²) in [6, 6.07) is 5.46. The summed E-state index contributed by atoms with van der Waals surface area (Å²) < 4.78 is 5.31. The maximum Gasteiger partial charge on any atom is 0.225 e. The van der Waals surface area contributed by atoms with E-state index in [0.29, 0.717) is 17.5 Å². The Morgan fingerprint density at radius 3 is 2.71 bits per heavy atom. The Bertz CT molecular complexity index is 493. The molecule has 6 heteroatoms. The zero-order valence-corrected chi connectivity index (χ0v) is 14.1. The lowest BCUT2D eigenvalue weighted by atomic mass is 9.88. The van der Waals surface area contributed by atoms with E-state index in [9.17, 15) is 4.79 Å². The summed E-state index contributed by atoms with van der Waals surface area (Å²) in [5.41, 5.74) is 0.926. The molecule has 0 saturated carbocycles. The molecule has 4 nitrogen and oxygen atoms in total. The van der Waals surface area contributed by atoms with E-state index in [1.165, 1.54) is 0 Å². The first-order chi connectivity index (χ1) is 9.52. The highest BCUT2D eigenvalue weighted by Gasteiger charge is 2.30. The zero-order chi connectivity index (χ0) is 14.7. The van der Waals surface area contributed by atoms with Gasteiger partial charge >= 0.3 is 0 Å². The van der Waals surface area contributed by atoms with Gasteiger partial charge in [0.2, 0.25) is 5.91 Å². The molecule has 1 saturated heterocycles. The van der Waals surface area contributed by atoms with Crippen molar-refractivity contribution < 1.29 is 9.53 Å². The van der Waals surface area contributed by atoms with Gasteiger partial charge in [0.05, 0.1) is 7.11 Å². The number of carbonyl (C=O) groups excluding carboxylic acids is 1. The number of benzene rings is 1. The second-order valence-corrected chi connectivity index (χ2v) is 5.79. The first-order valence-electron chi connectivity index (χ1n) is 6.81. The normalized spacial score (nSPS) is 15.6. The minimum absolute atomic E-state index is 0. The number of nitrogens with one attached hydrogen (secondary N) is 1. The molecule has 1 fully saturated rings. The van der Waals surface area contributed by atoms with E-state index in [2.05, 4.69) is 5.32 Å². The van der Waals surface area contributed by atoms with Crippen LogP contribution in [-0.2, 0) is 11.3 Å². The summed E-state index contributed by atoms with van der Waals surface area (Å²) >= 11 is 6.01. The standard InChI is InChI=1S/C15H21ClN2O2.ClH/c1-10(12-7-17-8-12)15(19)18(2)9-11-6-13(16)4-5-14(11)20-3;/h4-6,10,12,17H,7-9H2,1-3H3;1H. The van der Waals surface area contributed by atoms with Gasteiger partial charge in [0.1, 0.15) is 5.75 Å². The second kappa shape index (κ2) is 7.87. The number of carbonyl (C=O) groups is 1. The largest absolute Gasteiger partial charge is 0.496 e. The molecule has 1 aliphatic rings. The molecule has 1 aromatic rings. The van der Waals surface area contributed by atoms with Gasteiger partial charge in [0.15, 0.2) is 0 Å². The summed E-state index contributed by atoms with van der Waals surface area (Å²) in [5, 5.41) is 3.85. The SMILES string of the molecule is COc1ccc(Cl)cc1CN(C)C(=O)C(C)C1CNC1.Cl. The van der Waals surface area contributed by atoms with E-state index in [1.807, 2.05) is 26.1 Å². The Balaban J connectivity index is 0.00000220. The molecule has 0 aromatic heterocycles. The predicted octanol–water partition coefficient (Wildman–Crippen LogP) is 2.58. The fraction of sp³-hybridized carbons (Fsp3) is 0.533. The van der Waals surface area contributed by atoms with E-state index in [1.54, 1.807) is 18.1 Å². The molecule has 1 aliphatic heterocycles. The third-order valence-corrected chi connectivity index (χ3v) is 4.17. The Hall–Kier alpha value is -0.970. The molecule has 1 aromatic carbocycles. The number of halogens is 2. The van der Waals surface area contributed by atoms with E-state index < -0.39 is 0 Å². The molecule has 1 unspecified atom stereocenters. The molecule has 1 amide bonds. The molecule has 2 rings (SSSR count). The van der Waals surface area contributed by atoms with Crippen LogP contribution in [0.1, 0.15) is 12.5 Å². The minimum Gasteiger partial charge on any atom is -0.496 e. The highest BCUT2D eigenvalue weighted by molar-refractivity contribution is 6.30. The topological polar surface area (TPSA) is 41.6 Å². The molecule has 1 N–H and O–H groups in total. The van der Waals surface area contributed by atoms with Crippen LogP contribution in [0.3, 0.4) is 0 Å². The lowest BCUT2D eigenvalue weighted by molar-refractivity contribution is -0.136. The van der Waals surface area contributed by atoms with Crippen molar-refractivity contribution in [3.05, 3.63) is 28.8 Å². The highest BCUT2D eigenvalue weighted by atomic mass is 35.5. The second-order valence-electron chi connectivity index (χ2n) is 5.36. The number of hydrogen-bond acceptors (Lipinski definition) is 3. The van der Waals surface area contributed by atoms with Gasteiger partial charge < -0.3 is 15.0 Å². The number of nitrogens with zero attached hydrogens (tertiary/aromatic N) is 1. The van der Waals surface area contributed by atoms with Crippen molar-refractivity contribution in [1.29, 1.82) is 0 Å². The predicted molar refractivity (Wildman–Crippen MR) is 87.2 cm³/mol. The Kier molecular flexibility index (Phi) is 6.78. The van der Waals surface area contributed by atoms with Gasteiger partial charge in [-0.15, -0.1) is 12.4 Å². The number of ether oxygens (including phenoxy) is 1. The van der Waals surface area contributed by atoms with Crippen molar-refractivity contribution in [2.75, 3.05) is 27.2 Å². The van der Waals surface area contributed by atoms with Crippen LogP contribution in [0.25, 0.3) is 0 Å². The van der Waals surface area contributed by atoms with Crippen molar-refractivity contribution >= 4 is 29.9 Å². The quantitative estimate of drug-likeness (QED) is 0.901. The minimum atomic E-state index is 0. The molecule has 1 atom stereocenters. The summed E-state index contributed by atoms with van der Waals surface area (Å²) in [6.45, 7) is 4.37. The van der Waals surface area contributed by atoms with E-state index >= 15 is 0 Å². The van der Waals surface area contributed by atoms with Gasteiger partial charge in [0, 0.05) is 30.1 Å². The van der Waals surface area contributed by atoms with Crippen LogP contribution in [0.15, 0.2) is 18.2 Å². The third kappa shape index (κ3) is 4.25. The van der Waals surface area contributed by atoms with E-state index in [4.69, 9.17) is 16.3 Å². The Labute approximate surface area is 137 Å². The van der Waals surface area contributed by atoms with Crippen molar-refractivity contribution in [3.63, 3.8) is 0 Å². The molecular weight excluding hydrogens is 311 g/mol. The van der Waals surface area contributed by atoms with Gasteiger partial charge in [-0.05, 0) is 37.2 Å². The van der Waals surface area contributed by atoms with Gasteiger partial charge in [-0.3, -0.25) is 4.79 Å². The first kappa shape index (κ1) is 18.1. The molecule has 0 bridgehead atoms. The van der Waals surface area contributed by atoms with Crippen molar-refractivity contribution in [2.45, 2.75) is 13.5 Å². The zero-order valence-electron chi connectivity index (χ0n) is 12.6. The van der Waals surface area contributed by atoms with Crippen LogP contribution in [0, 0.1) is 11.8 Å². The number of hydrogen-bond donors (Lipinski definition) is 1. The van der Waals surface area contributed by atoms with Crippen LogP contribution >= 0.6 is 24.0 Å². The number of rotatable bonds is 5. The van der Waals surface area contributed by atoms with Crippen LogP contribution < -0.4 is 10.1 Å². The average molecular weight is 333 g/mol. The van der Waals surface area contributed by atoms with Gasteiger partial charge in [-0.25, -0.2) is 0 Å². The van der Waals surface area contributed by atoms with Crippen LogP contribution in [-0.4, -0.2) is 38.1 Å². The van der Waals surface area contributed by atoms with Gasteiger partial charge in [-0.1, -0.05) is 18.5 Å². The summed E-state index contributed by atoms with van der Waals surface area (Å²) in [6.07, 6.45) is 0. The number of amides is 1. The van der Waals surface area contributed by atoms with Crippen LogP contribution in [0.4, 0.5) is 0 Å². The molecule has 1 heterocycles. The fourth-order valence-electron chi connectivity index (χ4n) is 2.42. The smallest absolute Gasteiger partial charge is 0.225 e. The summed E-state index contributed by atoms with van der Waals surface area (Å²) in [4.78, 5) is 14.1. The Morgan fingerprint density at radius 2 is 2.19 bits per heavy atom. The molecule has 0 radical (unpaired) electrons. The molecule has 0 aliphatic carbocycles. The lowest BCUT2D eigenvalue weighted by Gasteiger charge is -2.34. The molecule has 0 spiro atoms. The highest BCUT2D eigenvalue weighted by Crippen LogP contribution is 2.25. The average Bonchev–Trinajstić information content (AvgIpc) is 2.36. The van der Waals surface area contributed by atoms with Crippen LogP contribution in [0.5, 0.6) is 5.75 Å². The maximum absolute atomic E-state index is 12.4. The Morgan fingerprint density at radius 1 is 1.52 bits per heavy atom. The molecule has 21 heavy (non-hydrogen) atoms. The third-order valence-electron chi connectivity index (χ3n) is 3.94. The van der Waals surface area contributed by atoms with Crippen LogP contribution in [0.2, 0.25) is 5.02 Å². The monoisotopic (exact) mass is 332 g/mol.